The number of aryl methyl sites for hydroxylation is 1. The first kappa shape index (κ1) is 13.9. The fourth-order valence-electron chi connectivity index (χ4n) is 2.09. The minimum atomic E-state index is 0.590. The highest BCUT2D eigenvalue weighted by Gasteiger charge is 2.13. The average molecular weight is 266 g/mol. The predicted octanol–water partition coefficient (Wildman–Crippen LogP) is 2.87. The van der Waals surface area contributed by atoms with Crippen LogP contribution in [0, 0.1) is 18.3 Å². The third kappa shape index (κ3) is 2.89. The van der Waals surface area contributed by atoms with Gasteiger partial charge in [0.25, 0.3) is 0 Å². The average Bonchev–Trinajstić information content (AvgIpc) is 2.46. The van der Waals surface area contributed by atoms with E-state index in [0.717, 1.165) is 29.3 Å². The van der Waals surface area contributed by atoms with Crippen molar-refractivity contribution < 1.29 is 0 Å². The molecular formula is C16H18N4. The molecule has 0 aliphatic heterocycles. The van der Waals surface area contributed by atoms with E-state index in [9.17, 15) is 5.26 Å². The van der Waals surface area contributed by atoms with Gasteiger partial charge >= 0.3 is 0 Å². The maximum absolute atomic E-state index is 9.23. The topological polar surface area (TPSA) is 65.9 Å². The number of pyridine rings is 1. The van der Waals surface area contributed by atoms with Crippen molar-refractivity contribution in [2.75, 3.05) is 17.2 Å². The number of hydrogen-bond acceptors (Lipinski definition) is 4. The van der Waals surface area contributed by atoms with Crippen molar-refractivity contribution in [1.29, 1.82) is 5.26 Å². The second-order valence-electron chi connectivity index (χ2n) is 4.65. The van der Waals surface area contributed by atoms with Gasteiger partial charge in [-0.15, -0.1) is 0 Å². The van der Waals surface area contributed by atoms with Gasteiger partial charge in [-0.1, -0.05) is 18.2 Å². The van der Waals surface area contributed by atoms with Crippen molar-refractivity contribution in [3.63, 3.8) is 0 Å². The van der Waals surface area contributed by atoms with Gasteiger partial charge in [0.2, 0.25) is 0 Å². The predicted molar refractivity (Wildman–Crippen MR) is 81.3 cm³/mol. The number of rotatable bonds is 4. The van der Waals surface area contributed by atoms with Crippen LogP contribution in [0.5, 0.6) is 0 Å². The molecule has 4 nitrogen and oxygen atoms in total. The fourth-order valence-corrected chi connectivity index (χ4v) is 2.09. The molecule has 0 amide bonds. The minimum Gasteiger partial charge on any atom is -0.398 e. The van der Waals surface area contributed by atoms with Gasteiger partial charge in [-0.05, 0) is 37.6 Å². The number of nitrogens with zero attached hydrogens (tertiary/aromatic N) is 3. The molecule has 0 saturated carbocycles. The monoisotopic (exact) mass is 266 g/mol. The number of hydrogen-bond donors (Lipinski definition) is 1. The SMILES string of the molecule is CCN(Cc1ccccc1N)c1nc(C)ccc1C#N. The Bertz CT molecular complexity index is 643. The van der Waals surface area contributed by atoms with Crippen LogP contribution in [0.25, 0.3) is 0 Å². The van der Waals surface area contributed by atoms with Crippen LogP contribution in [0.15, 0.2) is 36.4 Å². The highest BCUT2D eigenvalue weighted by atomic mass is 15.2. The first-order valence-corrected chi connectivity index (χ1v) is 6.61. The standard InChI is InChI=1S/C16H18N4/c1-3-20(11-14-6-4-5-7-15(14)18)16-13(10-17)9-8-12(2)19-16/h4-9H,3,11,18H2,1-2H3. The molecule has 1 aromatic carbocycles. The lowest BCUT2D eigenvalue weighted by Crippen LogP contribution is -2.24. The van der Waals surface area contributed by atoms with Crippen molar-refractivity contribution in [3.8, 4) is 6.07 Å². The van der Waals surface area contributed by atoms with E-state index >= 15 is 0 Å². The number of nitrogens with two attached hydrogens (primary N) is 1. The summed E-state index contributed by atoms with van der Waals surface area (Å²) < 4.78 is 0. The molecule has 2 N–H and O–H groups in total. The molecule has 1 aromatic heterocycles. The maximum Gasteiger partial charge on any atom is 0.147 e. The summed E-state index contributed by atoms with van der Waals surface area (Å²) in [7, 11) is 0. The normalized spacial score (nSPS) is 10.1. The number of benzene rings is 1. The van der Waals surface area contributed by atoms with Crippen LogP contribution < -0.4 is 10.6 Å². The van der Waals surface area contributed by atoms with Gasteiger partial charge in [0, 0.05) is 24.5 Å². The second kappa shape index (κ2) is 6.07. The number of anilines is 2. The summed E-state index contributed by atoms with van der Waals surface area (Å²) in [5.41, 5.74) is 9.29. The van der Waals surface area contributed by atoms with Gasteiger partial charge in [0.05, 0.1) is 5.56 Å². The first-order chi connectivity index (χ1) is 9.65. The first-order valence-electron chi connectivity index (χ1n) is 6.61. The molecule has 2 aromatic rings. The molecular weight excluding hydrogens is 248 g/mol. The number of nitriles is 1. The van der Waals surface area contributed by atoms with Crippen molar-refractivity contribution in [3.05, 3.63) is 53.2 Å². The molecule has 0 aliphatic carbocycles. The molecule has 0 aliphatic rings. The van der Waals surface area contributed by atoms with Gasteiger partial charge in [-0.2, -0.15) is 5.26 Å². The zero-order valence-corrected chi connectivity index (χ0v) is 11.8. The van der Waals surface area contributed by atoms with Crippen LogP contribution in [0.3, 0.4) is 0 Å². The number of nitrogen functional groups attached to an aromatic ring is 1. The third-order valence-electron chi connectivity index (χ3n) is 3.23. The van der Waals surface area contributed by atoms with Crippen LogP contribution in [0.1, 0.15) is 23.7 Å². The van der Waals surface area contributed by atoms with E-state index < -0.39 is 0 Å². The van der Waals surface area contributed by atoms with E-state index in [1.165, 1.54) is 0 Å². The van der Waals surface area contributed by atoms with Crippen LogP contribution in [-0.2, 0) is 6.54 Å². The molecule has 0 unspecified atom stereocenters. The largest absolute Gasteiger partial charge is 0.398 e. The summed E-state index contributed by atoms with van der Waals surface area (Å²) in [6.07, 6.45) is 0. The van der Waals surface area contributed by atoms with Gasteiger partial charge in [-0.3, -0.25) is 0 Å². The minimum absolute atomic E-state index is 0.590. The van der Waals surface area contributed by atoms with E-state index in [1.54, 1.807) is 0 Å². The van der Waals surface area contributed by atoms with Gasteiger partial charge in [0.15, 0.2) is 0 Å². The van der Waals surface area contributed by atoms with Crippen LogP contribution in [-0.4, -0.2) is 11.5 Å². The lowest BCUT2D eigenvalue weighted by molar-refractivity contribution is 0.810. The molecule has 0 spiro atoms. The quantitative estimate of drug-likeness (QED) is 0.864. The maximum atomic E-state index is 9.23. The third-order valence-corrected chi connectivity index (χ3v) is 3.23. The van der Waals surface area contributed by atoms with Crippen LogP contribution in [0.2, 0.25) is 0 Å². The van der Waals surface area contributed by atoms with Crippen molar-refractivity contribution in [2.24, 2.45) is 0 Å². The summed E-state index contributed by atoms with van der Waals surface area (Å²) in [4.78, 5) is 6.57. The van der Waals surface area contributed by atoms with E-state index in [2.05, 4.69) is 16.0 Å². The highest BCUT2D eigenvalue weighted by Crippen LogP contribution is 2.22. The van der Waals surface area contributed by atoms with E-state index in [4.69, 9.17) is 5.73 Å². The van der Waals surface area contributed by atoms with E-state index in [0.29, 0.717) is 12.1 Å². The van der Waals surface area contributed by atoms with Gasteiger partial charge in [0.1, 0.15) is 11.9 Å². The Kier molecular flexibility index (Phi) is 4.21. The molecule has 0 bridgehead atoms. The lowest BCUT2D eigenvalue weighted by atomic mass is 10.1. The Balaban J connectivity index is 2.36. The van der Waals surface area contributed by atoms with E-state index in [-0.39, 0.29) is 0 Å². The molecule has 4 heteroatoms. The molecule has 20 heavy (non-hydrogen) atoms. The van der Waals surface area contributed by atoms with Crippen molar-refractivity contribution in [2.45, 2.75) is 20.4 Å². The number of para-hydroxylation sites is 1. The summed E-state index contributed by atoms with van der Waals surface area (Å²) >= 11 is 0. The lowest BCUT2D eigenvalue weighted by Gasteiger charge is -2.24. The van der Waals surface area contributed by atoms with Gasteiger partial charge in [-0.25, -0.2) is 4.98 Å². The molecule has 0 fully saturated rings. The summed E-state index contributed by atoms with van der Waals surface area (Å²) in [6, 6.07) is 13.6. The Morgan fingerprint density at radius 3 is 2.65 bits per heavy atom. The van der Waals surface area contributed by atoms with Crippen molar-refractivity contribution in [1.82, 2.24) is 4.98 Å². The molecule has 0 radical (unpaired) electrons. The highest BCUT2D eigenvalue weighted by molar-refractivity contribution is 5.56. The number of aromatic nitrogens is 1. The summed E-state index contributed by atoms with van der Waals surface area (Å²) in [5.74, 6) is 0.721. The Morgan fingerprint density at radius 1 is 1.25 bits per heavy atom. The Labute approximate surface area is 119 Å². The summed E-state index contributed by atoms with van der Waals surface area (Å²) in [6.45, 7) is 5.38. The molecule has 1 heterocycles. The Hall–Kier alpha value is -2.54. The van der Waals surface area contributed by atoms with Crippen LogP contribution >= 0.6 is 0 Å². The van der Waals surface area contributed by atoms with Gasteiger partial charge < -0.3 is 10.6 Å². The van der Waals surface area contributed by atoms with Crippen molar-refractivity contribution >= 4 is 11.5 Å². The smallest absolute Gasteiger partial charge is 0.147 e. The second-order valence-corrected chi connectivity index (χ2v) is 4.65. The van der Waals surface area contributed by atoms with Crippen LogP contribution in [0.4, 0.5) is 11.5 Å². The zero-order valence-electron chi connectivity index (χ0n) is 11.8. The fraction of sp³-hybridized carbons (Fsp3) is 0.250. The van der Waals surface area contributed by atoms with E-state index in [1.807, 2.05) is 50.2 Å². The Morgan fingerprint density at radius 2 is 2.00 bits per heavy atom. The molecule has 102 valence electrons. The summed E-state index contributed by atoms with van der Waals surface area (Å²) in [5, 5.41) is 9.23. The molecule has 0 saturated heterocycles. The molecule has 2 rings (SSSR count). The molecule has 0 atom stereocenters. The zero-order chi connectivity index (χ0) is 14.5.